The summed E-state index contributed by atoms with van der Waals surface area (Å²) in [6.45, 7) is 0.0535. The highest BCUT2D eigenvalue weighted by atomic mass is 32.2. The van der Waals surface area contributed by atoms with Crippen LogP contribution < -0.4 is 5.56 Å². The second-order valence-electron chi connectivity index (χ2n) is 4.87. The first-order valence-corrected chi connectivity index (χ1v) is 7.85. The van der Waals surface area contributed by atoms with Gasteiger partial charge in [-0.1, -0.05) is 0 Å². The van der Waals surface area contributed by atoms with E-state index < -0.39 is 21.9 Å². The summed E-state index contributed by atoms with van der Waals surface area (Å²) in [6.07, 6.45) is 0.943. The van der Waals surface area contributed by atoms with Crippen LogP contribution in [0.5, 0.6) is 0 Å². The molecule has 2 heterocycles. The van der Waals surface area contributed by atoms with Crippen LogP contribution in [-0.2, 0) is 20.8 Å². The van der Waals surface area contributed by atoms with Gasteiger partial charge >= 0.3 is 0 Å². The van der Waals surface area contributed by atoms with Gasteiger partial charge < -0.3 is 4.57 Å². The number of pyridine rings is 1. The highest BCUT2D eigenvalue weighted by molar-refractivity contribution is 7.85. The molecule has 1 atom stereocenters. The number of nitrogens with zero attached hydrogens (tertiary/aromatic N) is 1. The number of benzene rings is 1. The van der Waals surface area contributed by atoms with Gasteiger partial charge in [0.25, 0.3) is 15.7 Å². The van der Waals surface area contributed by atoms with E-state index in [1.54, 1.807) is 12.1 Å². The lowest BCUT2D eigenvalue weighted by molar-refractivity contribution is 0.285. The van der Waals surface area contributed by atoms with E-state index in [0.29, 0.717) is 11.1 Å². The third-order valence-electron chi connectivity index (χ3n) is 3.43. The Kier molecular flexibility index (Phi) is 2.91. The Hall–Kier alpha value is -1.73. The van der Waals surface area contributed by atoms with Crippen LogP contribution in [-0.4, -0.2) is 25.8 Å². The van der Waals surface area contributed by atoms with Gasteiger partial charge in [0.05, 0.1) is 18.4 Å². The minimum Gasteiger partial charge on any atom is -0.307 e. The molecule has 3 rings (SSSR count). The molecule has 0 saturated heterocycles. The standard InChI is InChI=1S/C13H12FNO4S/c1-20(17,18)19-7-9-6-15-11(16)5-3-8-2-4-10(14)12(9)13(8)15/h2-5,9H,6-7H2,1H3. The molecule has 0 fully saturated rings. The van der Waals surface area contributed by atoms with E-state index in [1.807, 2.05) is 0 Å². The van der Waals surface area contributed by atoms with Crippen molar-refractivity contribution in [2.45, 2.75) is 12.5 Å². The molecule has 1 aliphatic rings. The molecule has 7 heteroatoms. The highest BCUT2D eigenvalue weighted by Gasteiger charge is 2.29. The predicted molar refractivity (Wildman–Crippen MR) is 71.7 cm³/mol. The summed E-state index contributed by atoms with van der Waals surface area (Å²) >= 11 is 0. The zero-order valence-electron chi connectivity index (χ0n) is 10.7. The molecule has 0 amide bonds. The van der Waals surface area contributed by atoms with Gasteiger partial charge in [0, 0.05) is 24.1 Å². The van der Waals surface area contributed by atoms with Crippen LogP contribution in [0, 0.1) is 5.82 Å². The van der Waals surface area contributed by atoms with Crippen molar-refractivity contribution >= 4 is 21.0 Å². The van der Waals surface area contributed by atoms with Crippen LogP contribution >= 0.6 is 0 Å². The molecule has 0 N–H and O–H groups in total. The predicted octanol–water partition coefficient (Wildman–Crippen LogP) is 1.21. The number of hydrogen-bond donors (Lipinski definition) is 0. The Labute approximate surface area is 114 Å². The highest BCUT2D eigenvalue weighted by Crippen LogP contribution is 2.34. The maximum Gasteiger partial charge on any atom is 0.264 e. The molecule has 5 nitrogen and oxygen atoms in total. The Morgan fingerprint density at radius 2 is 2.05 bits per heavy atom. The third-order valence-corrected chi connectivity index (χ3v) is 4.00. The van der Waals surface area contributed by atoms with Crippen molar-refractivity contribution in [2.24, 2.45) is 0 Å². The average molecular weight is 297 g/mol. The summed E-state index contributed by atoms with van der Waals surface area (Å²) in [6, 6.07) is 5.98. The van der Waals surface area contributed by atoms with Crippen LogP contribution in [0.15, 0.2) is 29.1 Å². The average Bonchev–Trinajstić information content (AvgIpc) is 2.75. The van der Waals surface area contributed by atoms with Crippen molar-refractivity contribution < 1.29 is 17.0 Å². The summed E-state index contributed by atoms with van der Waals surface area (Å²) in [7, 11) is -3.60. The Morgan fingerprint density at radius 3 is 2.75 bits per heavy atom. The fraction of sp³-hybridized carbons (Fsp3) is 0.308. The molecule has 1 aromatic carbocycles. The van der Waals surface area contributed by atoms with Gasteiger partial charge in [0.1, 0.15) is 5.82 Å². The molecule has 2 aromatic rings. The minimum atomic E-state index is -3.60. The Balaban J connectivity index is 2.13. The minimum absolute atomic E-state index is 0.171. The SMILES string of the molecule is CS(=O)(=O)OCC1Cn2c(=O)ccc3ccc(F)c1c32. The largest absolute Gasteiger partial charge is 0.307 e. The number of hydrogen-bond acceptors (Lipinski definition) is 4. The van der Waals surface area contributed by atoms with E-state index in [1.165, 1.54) is 16.7 Å². The Bertz CT molecular complexity index is 857. The first-order valence-electron chi connectivity index (χ1n) is 6.03. The van der Waals surface area contributed by atoms with Crippen molar-refractivity contribution in [3.63, 3.8) is 0 Å². The maximum absolute atomic E-state index is 14.0. The molecule has 0 radical (unpaired) electrons. The molecule has 0 bridgehead atoms. The third kappa shape index (κ3) is 2.12. The molecule has 0 spiro atoms. The summed E-state index contributed by atoms with van der Waals surface area (Å²) in [5, 5.41) is 0.753. The van der Waals surface area contributed by atoms with Gasteiger partial charge in [-0.15, -0.1) is 0 Å². The summed E-state index contributed by atoms with van der Waals surface area (Å²) in [5.74, 6) is -0.931. The van der Waals surface area contributed by atoms with Crippen LogP contribution in [0.4, 0.5) is 4.39 Å². The molecular weight excluding hydrogens is 285 g/mol. The van der Waals surface area contributed by atoms with Crippen molar-refractivity contribution in [1.82, 2.24) is 4.57 Å². The summed E-state index contributed by atoms with van der Waals surface area (Å²) in [5.41, 5.74) is 0.648. The molecule has 0 aliphatic carbocycles. The van der Waals surface area contributed by atoms with E-state index in [-0.39, 0.29) is 18.7 Å². The first kappa shape index (κ1) is 13.3. The van der Waals surface area contributed by atoms with Crippen molar-refractivity contribution in [3.8, 4) is 0 Å². The summed E-state index contributed by atoms with van der Waals surface area (Å²) < 4.78 is 42.4. The summed E-state index contributed by atoms with van der Waals surface area (Å²) in [4.78, 5) is 11.8. The van der Waals surface area contributed by atoms with Gasteiger partial charge in [-0.25, -0.2) is 4.39 Å². The zero-order valence-corrected chi connectivity index (χ0v) is 11.5. The number of halogens is 1. The fourth-order valence-corrected chi connectivity index (χ4v) is 3.03. The van der Waals surface area contributed by atoms with E-state index in [4.69, 9.17) is 4.18 Å². The lowest BCUT2D eigenvalue weighted by atomic mass is 10.0. The van der Waals surface area contributed by atoms with E-state index in [2.05, 4.69) is 0 Å². The second-order valence-corrected chi connectivity index (χ2v) is 6.51. The van der Waals surface area contributed by atoms with Crippen molar-refractivity contribution in [2.75, 3.05) is 12.9 Å². The van der Waals surface area contributed by atoms with Gasteiger partial charge in [0.2, 0.25) is 0 Å². The number of rotatable bonds is 3. The molecule has 0 saturated carbocycles. The van der Waals surface area contributed by atoms with Crippen LogP contribution in [0.2, 0.25) is 0 Å². The van der Waals surface area contributed by atoms with Gasteiger partial charge in [-0.05, 0) is 23.6 Å². The zero-order chi connectivity index (χ0) is 14.5. The maximum atomic E-state index is 14.0. The normalized spacial score (nSPS) is 17.8. The second kappa shape index (κ2) is 4.39. The van der Waals surface area contributed by atoms with Crippen molar-refractivity contribution in [3.05, 3.63) is 46.0 Å². The quantitative estimate of drug-likeness (QED) is 0.799. The van der Waals surface area contributed by atoms with Crippen LogP contribution in [0.25, 0.3) is 10.9 Å². The fourth-order valence-electron chi connectivity index (χ4n) is 2.62. The lowest BCUT2D eigenvalue weighted by Gasteiger charge is -2.10. The molecule has 20 heavy (non-hydrogen) atoms. The van der Waals surface area contributed by atoms with E-state index in [0.717, 1.165) is 11.6 Å². The van der Waals surface area contributed by atoms with Gasteiger partial charge in [-0.3, -0.25) is 8.98 Å². The van der Waals surface area contributed by atoms with Crippen LogP contribution in [0.3, 0.4) is 0 Å². The smallest absolute Gasteiger partial charge is 0.264 e. The topological polar surface area (TPSA) is 65.4 Å². The lowest BCUT2D eigenvalue weighted by Crippen LogP contribution is -2.19. The van der Waals surface area contributed by atoms with E-state index >= 15 is 0 Å². The molecule has 1 aliphatic heterocycles. The molecule has 1 unspecified atom stereocenters. The van der Waals surface area contributed by atoms with E-state index in [9.17, 15) is 17.6 Å². The van der Waals surface area contributed by atoms with Crippen molar-refractivity contribution in [1.29, 1.82) is 0 Å². The van der Waals surface area contributed by atoms with Gasteiger partial charge in [0.15, 0.2) is 0 Å². The Morgan fingerprint density at radius 1 is 1.35 bits per heavy atom. The monoisotopic (exact) mass is 297 g/mol. The number of aromatic nitrogens is 1. The van der Waals surface area contributed by atoms with Crippen LogP contribution in [0.1, 0.15) is 11.5 Å². The molecule has 106 valence electrons. The molecule has 1 aromatic heterocycles. The molecular formula is C13H12FNO4S. The first-order chi connectivity index (χ1) is 9.37. The van der Waals surface area contributed by atoms with Gasteiger partial charge in [-0.2, -0.15) is 8.42 Å².